The molecule has 1 aromatic carbocycles. The van der Waals surface area contributed by atoms with Crippen molar-refractivity contribution in [3.63, 3.8) is 0 Å². The topological polar surface area (TPSA) is 49.4 Å². The maximum atomic E-state index is 13.5. The Morgan fingerprint density at radius 2 is 2.05 bits per heavy atom. The number of nitrogens with zero attached hydrogens (tertiary/aromatic N) is 1. The average molecular weight is 310 g/mol. The van der Waals surface area contributed by atoms with E-state index < -0.39 is 10.8 Å². The van der Waals surface area contributed by atoms with E-state index in [2.05, 4.69) is 5.32 Å². The van der Waals surface area contributed by atoms with Crippen LogP contribution in [0.25, 0.3) is 0 Å². The van der Waals surface area contributed by atoms with Crippen molar-refractivity contribution in [1.29, 1.82) is 0 Å². The van der Waals surface area contributed by atoms with Gasteiger partial charge in [-0.3, -0.25) is 14.3 Å². The fourth-order valence-electron chi connectivity index (χ4n) is 3.12. The molecule has 2 fully saturated rings. The summed E-state index contributed by atoms with van der Waals surface area (Å²) in [6.45, 7) is 1.83. The Morgan fingerprint density at radius 1 is 1.33 bits per heavy atom. The van der Waals surface area contributed by atoms with E-state index in [9.17, 15) is 13.4 Å². The summed E-state index contributed by atoms with van der Waals surface area (Å²) in [7, 11) is -0.759. The Kier molecular flexibility index (Phi) is 4.08. The predicted molar refractivity (Wildman–Crippen MR) is 79.5 cm³/mol. The summed E-state index contributed by atoms with van der Waals surface area (Å²) < 4.78 is 25.0. The maximum absolute atomic E-state index is 13.5. The molecular formula is C15H19FN2O2S. The number of halogens is 1. The third kappa shape index (κ3) is 2.87. The lowest BCUT2D eigenvalue weighted by Gasteiger charge is -2.35. The summed E-state index contributed by atoms with van der Waals surface area (Å²) in [6.07, 6.45) is 1.21. The third-order valence-corrected chi connectivity index (χ3v) is 5.61. The first-order valence-corrected chi connectivity index (χ1v) is 8.74. The molecule has 3 rings (SSSR count). The van der Waals surface area contributed by atoms with E-state index in [1.165, 1.54) is 12.1 Å². The van der Waals surface area contributed by atoms with Crippen LogP contribution in [-0.2, 0) is 15.6 Å². The number of carbonyl (C=O) groups excluding carboxylic acids is 1. The SMILES string of the molecule is CC1NC(c2cccc(F)c2)N(C2CCS(=O)CC2)C1=O. The fourth-order valence-corrected chi connectivity index (χ4v) is 4.40. The van der Waals surface area contributed by atoms with Crippen LogP contribution in [0.4, 0.5) is 4.39 Å². The van der Waals surface area contributed by atoms with Crippen molar-refractivity contribution in [3.8, 4) is 0 Å². The number of hydrogen-bond donors (Lipinski definition) is 1. The molecule has 0 radical (unpaired) electrons. The lowest BCUT2D eigenvalue weighted by atomic mass is 10.1. The smallest absolute Gasteiger partial charge is 0.241 e. The standard InChI is InChI=1S/C15H19FN2O2S/c1-10-15(19)18(13-5-7-21(20)8-6-13)14(17-10)11-3-2-4-12(16)9-11/h2-4,9-10,13-14,17H,5-8H2,1H3. The van der Waals surface area contributed by atoms with Crippen LogP contribution >= 0.6 is 0 Å². The van der Waals surface area contributed by atoms with Crippen LogP contribution in [0, 0.1) is 5.82 Å². The van der Waals surface area contributed by atoms with E-state index in [1.807, 2.05) is 17.9 Å². The molecule has 1 N–H and O–H groups in total. The minimum atomic E-state index is -0.759. The van der Waals surface area contributed by atoms with Gasteiger partial charge in [-0.25, -0.2) is 4.39 Å². The molecule has 2 heterocycles. The Labute approximate surface area is 126 Å². The van der Waals surface area contributed by atoms with Crippen molar-refractivity contribution < 1.29 is 13.4 Å². The second-order valence-corrected chi connectivity index (χ2v) is 7.37. The fraction of sp³-hybridized carbons (Fsp3) is 0.533. The molecule has 0 saturated carbocycles. The summed E-state index contributed by atoms with van der Waals surface area (Å²) in [4.78, 5) is 14.3. The summed E-state index contributed by atoms with van der Waals surface area (Å²) >= 11 is 0. The molecule has 2 aliphatic heterocycles. The molecule has 0 aliphatic carbocycles. The van der Waals surface area contributed by atoms with Gasteiger partial charge < -0.3 is 4.90 Å². The van der Waals surface area contributed by atoms with Gasteiger partial charge in [0.15, 0.2) is 0 Å². The van der Waals surface area contributed by atoms with Gasteiger partial charge in [-0.05, 0) is 37.5 Å². The second kappa shape index (κ2) is 5.85. The maximum Gasteiger partial charge on any atom is 0.241 e. The Hall–Kier alpha value is -1.27. The van der Waals surface area contributed by atoms with Gasteiger partial charge in [0.25, 0.3) is 0 Å². The zero-order valence-corrected chi connectivity index (χ0v) is 12.7. The van der Waals surface area contributed by atoms with Crippen molar-refractivity contribution in [2.45, 2.75) is 38.0 Å². The lowest BCUT2D eigenvalue weighted by Crippen LogP contribution is -2.43. The van der Waals surface area contributed by atoms with Crippen molar-refractivity contribution in [2.75, 3.05) is 11.5 Å². The number of nitrogens with one attached hydrogen (secondary N) is 1. The molecule has 1 amide bonds. The van der Waals surface area contributed by atoms with Crippen LogP contribution in [0.2, 0.25) is 0 Å². The van der Waals surface area contributed by atoms with Gasteiger partial charge in [-0.1, -0.05) is 12.1 Å². The zero-order chi connectivity index (χ0) is 15.0. The van der Waals surface area contributed by atoms with Crippen molar-refractivity contribution in [1.82, 2.24) is 10.2 Å². The highest BCUT2D eigenvalue weighted by atomic mass is 32.2. The number of amides is 1. The molecular weight excluding hydrogens is 291 g/mol. The van der Waals surface area contributed by atoms with Crippen LogP contribution in [-0.4, -0.2) is 38.6 Å². The first-order valence-electron chi connectivity index (χ1n) is 7.25. The molecule has 0 aromatic heterocycles. The Bertz CT molecular complexity index is 571. The van der Waals surface area contributed by atoms with E-state index in [1.54, 1.807) is 6.07 Å². The normalized spacial score (nSPS) is 33.4. The van der Waals surface area contributed by atoms with Crippen molar-refractivity contribution in [2.24, 2.45) is 0 Å². The summed E-state index contributed by atoms with van der Waals surface area (Å²) in [5.74, 6) is 1.02. The highest BCUT2D eigenvalue weighted by Gasteiger charge is 2.41. The van der Waals surface area contributed by atoms with Crippen LogP contribution in [0.3, 0.4) is 0 Å². The molecule has 2 unspecified atom stereocenters. The molecule has 2 atom stereocenters. The van der Waals surface area contributed by atoms with E-state index in [0.29, 0.717) is 11.5 Å². The minimum absolute atomic E-state index is 0.0435. The van der Waals surface area contributed by atoms with E-state index >= 15 is 0 Å². The molecule has 2 aliphatic rings. The van der Waals surface area contributed by atoms with E-state index in [0.717, 1.165) is 18.4 Å². The van der Waals surface area contributed by atoms with Gasteiger partial charge in [0, 0.05) is 28.3 Å². The van der Waals surface area contributed by atoms with E-state index in [4.69, 9.17) is 0 Å². The van der Waals surface area contributed by atoms with Crippen LogP contribution < -0.4 is 5.32 Å². The van der Waals surface area contributed by atoms with Crippen LogP contribution in [0.15, 0.2) is 24.3 Å². The summed E-state index contributed by atoms with van der Waals surface area (Å²) in [6, 6.07) is 6.18. The molecule has 6 heteroatoms. The first-order chi connectivity index (χ1) is 10.1. The lowest BCUT2D eigenvalue weighted by molar-refractivity contribution is -0.132. The van der Waals surface area contributed by atoms with Gasteiger partial charge in [-0.15, -0.1) is 0 Å². The van der Waals surface area contributed by atoms with Gasteiger partial charge >= 0.3 is 0 Å². The first kappa shape index (κ1) is 14.7. The number of benzene rings is 1. The molecule has 2 saturated heterocycles. The van der Waals surface area contributed by atoms with Crippen LogP contribution in [0.1, 0.15) is 31.5 Å². The minimum Gasteiger partial charge on any atom is -0.319 e. The zero-order valence-electron chi connectivity index (χ0n) is 11.9. The average Bonchev–Trinajstić information content (AvgIpc) is 2.76. The van der Waals surface area contributed by atoms with Crippen molar-refractivity contribution in [3.05, 3.63) is 35.6 Å². The quantitative estimate of drug-likeness (QED) is 0.902. The van der Waals surface area contributed by atoms with Gasteiger partial charge in [0.2, 0.25) is 5.91 Å². The molecule has 0 spiro atoms. The van der Waals surface area contributed by atoms with Crippen molar-refractivity contribution >= 4 is 16.7 Å². The predicted octanol–water partition coefficient (Wildman–Crippen LogP) is 1.56. The largest absolute Gasteiger partial charge is 0.319 e. The molecule has 4 nitrogen and oxygen atoms in total. The monoisotopic (exact) mass is 310 g/mol. The number of rotatable bonds is 2. The number of hydrogen-bond acceptors (Lipinski definition) is 3. The number of carbonyl (C=O) groups is 1. The van der Waals surface area contributed by atoms with Gasteiger partial charge in [0.05, 0.1) is 6.04 Å². The summed E-state index contributed by atoms with van der Waals surface area (Å²) in [5, 5.41) is 3.24. The second-order valence-electron chi connectivity index (χ2n) is 5.67. The molecule has 114 valence electrons. The molecule has 1 aromatic rings. The Balaban J connectivity index is 1.87. The Morgan fingerprint density at radius 3 is 2.71 bits per heavy atom. The highest BCUT2D eigenvalue weighted by Crippen LogP contribution is 2.31. The summed E-state index contributed by atoms with van der Waals surface area (Å²) in [5.41, 5.74) is 0.763. The van der Waals surface area contributed by atoms with Gasteiger partial charge in [0.1, 0.15) is 12.0 Å². The van der Waals surface area contributed by atoms with Crippen LogP contribution in [0.5, 0.6) is 0 Å². The molecule has 0 bridgehead atoms. The molecule has 21 heavy (non-hydrogen) atoms. The van der Waals surface area contributed by atoms with E-state index in [-0.39, 0.29) is 30.0 Å². The van der Waals surface area contributed by atoms with Gasteiger partial charge in [-0.2, -0.15) is 0 Å². The highest BCUT2D eigenvalue weighted by molar-refractivity contribution is 7.85. The third-order valence-electron chi connectivity index (χ3n) is 4.23.